The van der Waals surface area contributed by atoms with E-state index in [-0.39, 0.29) is 5.56 Å². The van der Waals surface area contributed by atoms with Gasteiger partial charge in [-0.1, -0.05) is 54.1 Å². The zero-order valence-electron chi connectivity index (χ0n) is 14.2. The van der Waals surface area contributed by atoms with Crippen molar-refractivity contribution in [2.45, 2.75) is 13.5 Å². The molecule has 0 amide bonds. The van der Waals surface area contributed by atoms with E-state index in [4.69, 9.17) is 27.2 Å². The summed E-state index contributed by atoms with van der Waals surface area (Å²) < 4.78 is 5.50. The lowest BCUT2D eigenvalue weighted by atomic mass is 10.2. The molecule has 1 aromatic heterocycles. The predicted octanol–water partition coefficient (Wildman–Crippen LogP) is 4.59. The molecule has 134 valence electrons. The van der Waals surface area contributed by atoms with Gasteiger partial charge in [0.2, 0.25) is 0 Å². The van der Waals surface area contributed by atoms with Crippen LogP contribution in [0.5, 0.6) is 5.75 Å². The van der Waals surface area contributed by atoms with Crippen LogP contribution in [0.4, 0.5) is 5.69 Å². The standard InChI is InChI=1S/C14H12O3.C6H7ClN2/c15-14(16)12-8-4-5-9-13(12)17-10-11-6-2-1-3-7-11;1-4-2-3-5(8)6(7)9-4/h1-9H,10H2,(H,15,16);2-3H,8H2,1H3. The molecule has 1 heterocycles. The van der Waals surface area contributed by atoms with Crippen LogP contribution in [-0.2, 0) is 6.61 Å². The van der Waals surface area contributed by atoms with Crippen LogP contribution in [0.3, 0.4) is 0 Å². The van der Waals surface area contributed by atoms with E-state index in [0.717, 1.165) is 11.3 Å². The highest BCUT2D eigenvalue weighted by molar-refractivity contribution is 6.31. The predicted molar refractivity (Wildman–Crippen MR) is 103 cm³/mol. The Balaban J connectivity index is 0.000000228. The number of aromatic carboxylic acids is 1. The number of ether oxygens (including phenoxy) is 1. The normalized spacial score (nSPS) is 9.77. The topological polar surface area (TPSA) is 85.4 Å². The van der Waals surface area contributed by atoms with Gasteiger partial charge in [0.15, 0.2) is 5.15 Å². The second-order valence-corrected chi connectivity index (χ2v) is 5.77. The van der Waals surface area contributed by atoms with Gasteiger partial charge >= 0.3 is 5.97 Å². The molecule has 0 atom stereocenters. The molecule has 26 heavy (non-hydrogen) atoms. The van der Waals surface area contributed by atoms with Crippen LogP contribution >= 0.6 is 11.6 Å². The number of nitrogen functional groups attached to an aromatic ring is 1. The first-order valence-electron chi connectivity index (χ1n) is 7.85. The Bertz CT molecular complexity index is 870. The lowest BCUT2D eigenvalue weighted by molar-refractivity contribution is 0.0691. The fourth-order valence-corrected chi connectivity index (χ4v) is 2.24. The smallest absolute Gasteiger partial charge is 0.339 e. The third-order valence-electron chi connectivity index (χ3n) is 3.37. The van der Waals surface area contributed by atoms with Crippen molar-refractivity contribution in [2.75, 3.05) is 5.73 Å². The second-order valence-electron chi connectivity index (χ2n) is 5.41. The van der Waals surface area contributed by atoms with E-state index in [1.165, 1.54) is 6.07 Å². The minimum atomic E-state index is -0.978. The summed E-state index contributed by atoms with van der Waals surface area (Å²) in [7, 11) is 0. The summed E-state index contributed by atoms with van der Waals surface area (Å²) in [6.07, 6.45) is 0. The van der Waals surface area contributed by atoms with Crippen LogP contribution in [0.2, 0.25) is 5.15 Å². The Labute approximate surface area is 157 Å². The van der Waals surface area contributed by atoms with Crippen molar-refractivity contribution in [2.24, 2.45) is 0 Å². The number of hydrogen-bond acceptors (Lipinski definition) is 4. The number of carboxylic acids is 1. The van der Waals surface area contributed by atoms with Gasteiger partial charge in [-0.05, 0) is 36.8 Å². The molecule has 0 saturated carbocycles. The lowest BCUT2D eigenvalue weighted by Gasteiger charge is -2.08. The molecule has 0 aliphatic heterocycles. The fraction of sp³-hybridized carbons (Fsp3) is 0.100. The molecular weight excluding hydrogens is 352 g/mol. The number of halogens is 1. The monoisotopic (exact) mass is 370 g/mol. The quantitative estimate of drug-likeness (QED) is 0.656. The molecule has 2 aromatic carbocycles. The van der Waals surface area contributed by atoms with Crippen molar-refractivity contribution in [3.05, 3.63) is 88.7 Å². The third kappa shape index (κ3) is 5.79. The van der Waals surface area contributed by atoms with Gasteiger partial charge in [-0.15, -0.1) is 0 Å². The van der Waals surface area contributed by atoms with E-state index in [0.29, 0.717) is 23.2 Å². The summed E-state index contributed by atoms with van der Waals surface area (Å²) in [6, 6.07) is 19.8. The lowest BCUT2D eigenvalue weighted by Crippen LogP contribution is -2.02. The number of anilines is 1. The van der Waals surface area contributed by atoms with Gasteiger partial charge < -0.3 is 15.6 Å². The first kappa shape index (κ1) is 19.3. The van der Waals surface area contributed by atoms with E-state index < -0.39 is 5.97 Å². The van der Waals surface area contributed by atoms with Crippen LogP contribution in [0, 0.1) is 6.92 Å². The van der Waals surface area contributed by atoms with Crippen molar-refractivity contribution in [1.29, 1.82) is 0 Å². The molecule has 0 saturated heterocycles. The molecular formula is C20H19ClN2O3. The number of rotatable bonds is 4. The molecule has 3 N–H and O–H groups in total. The van der Waals surface area contributed by atoms with Gasteiger partial charge in [-0.3, -0.25) is 0 Å². The van der Waals surface area contributed by atoms with Gasteiger partial charge in [-0.2, -0.15) is 0 Å². The number of carbonyl (C=O) groups is 1. The van der Waals surface area contributed by atoms with E-state index in [9.17, 15) is 4.79 Å². The van der Waals surface area contributed by atoms with Crippen molar-refractivity contribution in [3.63, 3.8) is 0 Å². The number of aryl methyl sites for hydroxylation is 1. The highest BCUT2D eigenvalue weighted by Crippen LogP contribution is 2.19. The molecule has 0 fully saturated rings. The molecule has 0 spiro atoms. The summed E-state index contributed by atoms with van der Waals surface area (Å²) >= 11 is 5.58. The van der Waals surface area contributed by atoms with Gasteiger partial charge in [0.25, 0.3) is 0 Å². The molecule has 0 bridgehead atoms. The van der Waals surface area contributed by atoms with Gasteiger partial charge in [0.05, 0.1) is 5.69 Å². The second kappa shape index (κ2) is 9.44. The van der Waals surface area contributed by atoms with Crippen molar-refractivity contribution < 1.29 is 14.6 Å². The number of nitrogens with zero attached hydrogens (tertiary/aromatic N) is 1. The molecule has 3 aromatic rings. The zero-order chi connectivity index (χ0) is 18.9. The van der Waals surface area contributed by atoms with Crippen molar-refractivity contribution in [3.8, 4) is 5.75 Å². The fourth-order valence-electron chi connectivity index (χ4n) is 2.04. The van der Waals surface area contributed by atoms with Gasteiger partial charge in [0, 0.05) is 5.69 Å². The SMILES string of the molecule is Cc1ccc(N)c(Cl)n1.O=C(O)c1ccccc1OCc1ccccc1. The molecule has 0 aliphatic rings. The number of hydrogen-bond donors (Lipinski definition) is 2. The Morgan fingerprint density at radius 3 is 2.35 bits per heavy atom. The third-order valence-corrected chi connectivity index (χ3v) is 3.67. The minimum Gasteiger partial charge on any atom is -0.488 e. The number of benzene rings is 2. The number of aromatic nitrogens is 1. The Morgan fingerprint density at radius 1 is 1.08 bits per heavy atom. The first-order valence-corrected chi connectivity index (χ1v) is 8.23. The van der Waals surface area contributed by atoms with E-state index in [2.05, 4.69) is 4.98 Å². The summed E-state index contributed by atoms with van der Waals surface area (Å²) in [5, 5.41) is 9.37. The van der Waals surface area contributed by atoms with Crippen LogP contribution < -0.4 is 10.5 Å². The molecule has 6 heteroatoms. The summed E-state index contributed by atoms with van der Waals surface area (Å²) in [5.41, 5.74) is 8.00. The average molecular weight is 371 g/mol. The van der Waals surface area contributed by atoms with Crippen LogP contribution in [0.25, 0.3) is 0 Å². The molecule has 5 nitrogen and oxygen atoms in total. The molecule has 0 unspecified atom stereocenters. The Morgan fingerprint density at radius 2 is 1.73 bits per heavy atom. The molecule has 3 rings (SSSR count). The number of pyridine rings is 1. The maximum absolute atomic E-state index is 11.0. The zero-order valence-corrected chi connectivity index (χ0v) is 15.0. The van der Waals surface area contributed by atoms with Gasteiger partial charge in [-0.25, -0.2) is 9.78 Å². The number of carboxylic acid groups (broad SMARTS) is 1. The number of para-hydroxylation sites is 1. The largest absolute Gasteiger partial charge is 0.488 e. The Kier molecular flexibility index (Phi) is 7.00. The highest BCUT2D eigenvalue weighted by Gasteiger charge is 2.09. The van der Waals surface area contributed by atoms with E-state index >= 15 is 0 Å². The van der Waals surface area contributed by atoms with Crippen LogP contribution in [0.1, 0.15) is 21.6 Å². The van der Waals surface area contributed by atoms with Gasteiger partial charge in [0.1, 0.15) is 17.9 Å². The average Bonchev–Trinajstić information content (AvgIpc) is 2.65. The molecule has 0 radical (unpaired) electrons. The van der Waals surface area contributed by atoms with Crippen LogP contribution in [-0.4, -0.2) is 16.1 Å². The van der Waals surface area contributed by atoms with Crippen LogP contribution in [0.15, 0.2) is 66.7 Å². The summed E-state index contributed by atoms with van der Waals surface area (Å²) in [6.45, 7) is 2.23. The highest BCUT2D eigenvalue weighted by atomic mass is 35.5. The van der Waals surface area contributed by atoms with Crippen molar-refractivity contribution in [1.82, 2.24) is 4.98 Å². The number of nitrogens with two attached hydrogens (primary N) is 1. The maximum Gasteiger partial charge on any atom is 0.339 e. The van der Waals surface area contributed by atoms with E-state index in [1.54, 1.807) is 24.3 Å². The summed E-state index contributed by atoms with van der Waals surface area (Å²) in [5.74, 6) is -0.586. The summed E-state index contributed by atoms with van der Waals surface area (Å²) in [4.78, 5) is 14.9. The minimum absolute atomic E-state index is 0.184. The first-order chi connectivity index (χ1) is 12.5. The van der Waals surface area contributed by atoms with Crippen molar-refractivity contribution >= 4 is 23.3 Å². The Hall–Kier alpha value is -3.05. The van der Waals surface area contributed by atoms with E-state index in [1.807, 2.05) is 43.3 Å². The maximum atomic E-state index is 11.0. The molecule has 0 aliphatic carbocycles.